The van der Waals surface area contributed by atoms with Crippen molar-refractivity contribution in [1.29, 1.82) is 0 Å². The van der Waals surface area contributed by atoms with E-state index in [4.69, 9.17) is 15.8 Å². The predicted octanol–water partition coefficient (Wildman–Crippen LogP) is 4.52. The monoisotopic (exact) mass is 381 g/mol. The number of aromatic nitrogens is 4. The van der Waals surface area contributed by atoms with Crippen molar-refractivity contribution >= 4 is 16.7 Å². The highest BCUT2D eigenvalue weighted by Gasteiger charge is 2.19. The lowest BCUT2D eigenvalue weighted by molar-refractivity contribution is 0.401. The molecular formula is C22H31N5O. The molecule has 0 fully saturated rings. The molecule has 28 heavy (non-hydrogen) atoms. The van der Waals surface area contributed by atoms with Gasteiger partial charge in [0.15, 0.2) is 5.65 Å². The molecule has 2 aromatic heterocycles. The molecule has 0 aliphatic carbocycles. The third kappa shape index (κ3) is 4.43. The lowest BCUT2D eigenvalue weighted by Gasteiger charge is -2.16. The first kappa shape index (κ1) is 20.1. The number of H-pyrrole nitrogens is 1. The molecule has 0 aliphatic rings. The van der Waals surface area contributed by atoms with Crippen molar-refractivity contribution in [3.8, 4) is 0 Å². The second-order valence-corrected chi connectivity index (χ2v) is 7.57. The minimum Gasteiger partial charge on any atom is -0.399 e. The van der Waals surface area contributed by atoms with Crippen LogP contribution in [0.1, 0.15) is 75.5 Å². The van der Waals surface area contributed by atoms with Crippen molar-refractivity contribution in [2.75, 3.05) is 5.73 Å². The van der Waals surface area contributed by atoms with E-state index in [2.05, 4.69) is 18.8 Å². The van der Waals surface area contributed by atoms with Gasteiger partial charge in [0.1, 0.15) is 11.2 Å². The van der Waals surface area contributed by atoms with E-state index in [0.717, 1.165) is 29.8 Å². The smallest absolute Gasteiger partial charge is 0.262 e. The van der Waals surface area contributed by atoms with E-state index in [-0.39, 0.29) is 11.6 Å². The Balaban J connectivity index is 1.93. The highest BCUT2D eigenvalue weighted by atomic mass is 16.1. The Bertz CT molecular complexity index is 971. The van der Waals surface area contributed by atoms with E-state index in [1.54, 1.807) is 0 Å². The van der Waals surface area contributed by atoms with E-state index in [1.165, 1.54) is 25.7 Å². The molecule has 3 rings (SSSR count). The first-order chi connectivity index (χ1) is 13.5. The van der Waals surface area contributed by atoms with Crippen LogP contribution in [0.15, 0.2) is 29.1 Å². The molecule has 2 heterocycles. The van der Waals surface area contributed by atoms with Gasteiger partial charge in [0.2, 0.25) is 0 Å². The molecule has 0 saturated carbocycles. The number of anilines is 1. The molecule has 0 spiro atoms. The summed E-state index contributed by atoms with van der Waals surface area (Å²) in [6, 6.07) is 7.93. The van der Waals surface area contributed by atoms with Crippen LogP contribution >= 0.6 is 0 Å². The second kappa shape index (κ2) is 9.04. The predicted molar refractivity (Wildman–Crippen MR) is 115 cm³/mol. The number of nitrogen functional groups attached to an aromatic ring is 1. The highest BCUT2D eigenvalue weighted by Crippen LogP contribution is 2.24. The zero-order valence-corrected chi connectivity index (χ0v) is 17.2. The second-order valence-electron chi connectivity index (χ2n) is 7.57. The van der Waals surface area contributed by atoms with Crippen LogP contribution in [0.5, 0.6) is 0 Å². The van der Waals surface area contributed by atoms with Gasteiger partial charge in [0.25, 0.3) is 5.56 Å². The number of hydrogen-bond acceptors (Lipinski definition) is 4. The van der Waals surface area contributed by atoms with Crippen LogP contribution in [-0.2, 0) is 6.42 Å². The summed E-state index contributed by atoms with van der Waals surface area (Å²) in [5, 5.41) is 5.30. The quantitative estimate of drug-likeness (QED) is 0.421. The van der Waals surface area contributed by atoms with E-state index in [1.807, 2.05) is 35.9 Å². The summed E-state index contributed by atoms with van der Waals surface area (Å²) in [7, 11) is 0. The number of aromatic amines is 1. The maximum atomic E-state index is 12.7. The molecule has 1 aromatic carbocycles. The average Bonchev–Trinajstić information content (AvgIpc) is 3.00. The summed E-state index contributed by atoms with van der Waals surface area (Å²) in [6.07, 6.45) is 7.50. The fraction of sp³-hybridized carbons (Fsp3) is 0.500. The molecule has 150 valence electrons. The number of nitrogens with one attached hydrogen (secondary N) is 1. The normalized spacial score (nSPS) is 12.5. The fourth-order valence-corrected chi connectivity index (χ4v) is 3.73. The molecule has 0 amide bonds. The van der Waals surface area contributed by atoms with Crippen LogP contribution in [0.4, 0.5) is 5.69 Å². The van der Waals surface area contributed by atoms with Gasteiger partial charge in [-0.25, -0.2) is 9.67 Å². The maximum absolute atomic E-state index is 12.7. The summed E-state index contributed by atoms with van der Waals surface area (Å²) in [6.45, 7) is 6.29. The summed E-state index contributed by atoms with van der Waals surface area (Å²) in [5.41, 5.74) is 8.89. The van der Waals surface area contributed by atoms with Crippen LogP contribution < -0.4 is 11.3 Å². The van der Waals surface area contributed by atoms with Crippen LogP contribution in [0.2, 0.25) is 0 Å². The lowest BCUT2D eigenvalue weighted by Crippen LogP contribution is -2.15. The van der Waals surface area contributed by atoms with E-state index in [9.17, 15) is 4.79 Å². The molecule has 0 saturated heterocycles. The third-order valence-corrected chi connectivity index (χ3v) is 5.35. The molecule has 6 nitrogen and oxygen atoms in total. The number of rotatable bonds is 9. The number of benzene rings is 1. The van der Waals surface area contributed by atoms with Gasteiger partial charge in [-0.2, -0.15) is 5.10 Å². The largest absolute Gasteiger partial charge is 0.399 e. The molecule has 0 radical (unpaired) electrons. The molecular weight excluding hydrogens is 350 g/mol. The Morgan fingerprint density at radius 3 is 2.57 bits per heavy atom. The molecule has 0 bridgehead atoms. The summed E-state index contributed by atoms with van der Waals surface area (Å²) < 4.78 is 1.98. The molecule has 1 unspecified atom stereocenters. The van der Waals surface area contributed by atoms with Crippen LogP contribution in [-0.4, -0.2) is 19.7 Å². The van der Waals surface area contributed by atoms with Crippen LogP contribution in [0.25, 0.3) is 11.0 Å². The first-order valence-corrected chi connectivity index (χ1v) is 10.4. The summed E-state index contributed by atoms with van der Waals surface area (Å²) in [5.74, 6) is 0.657. The Kier molecular flexibility index (Phi) is 6.49. The minimum absolute atomic E-state index is 0.111. The Labute approximate surface area is 166 Å². The summed E-state index contributed by atoms with van der Waals surface area (Å²) in [4.78, 5) is 20.5. The van der Waals surface area contributed by atoms with Gasteiger partial charge in [-0.15, -0.1) is 0 Å². The molecule has 0 aliphatic heterocycles. The van der Waals surface area contributed by atoms with Crippen molar-refractivity contribution in [1.82, 2.24) is 19.7 Å². The number of nitrogens with zero attached hydrogens (tertiary/aromatic N) is 3. The van der Waals surface area contributed by atoms with Crippen LogP contribution in [0.3, 0.4) is 0 Å². The zero-order valence-electron chi connectivity index (χ0n) is 17.2. The van der Waals surface area contributed by atoms with E-state index >= 15 is 0 Å². The van der Waals surface area contributed by atoms with Crippen molar-refractivity contribution in [3.05, 3.63) is 51.7 Å². The number of hydrogen-bond donors (Lipinski definition) is 2. The van der Waals surface area contributed by atoms with Crippen molar-refractivity contribution < 1.29 is 0 Å². The van der Waals surface area contributed by atoms with Gasteiger partial charge < -0.3 is 10.7 Å². The average molecular weight is 382 g/mol. The van der Waals surface area contributed by atoms with Crippen molar-refractivity contribution in [2.24, 2.45) is 0 Å². The third-order valence-electron chi connectivity index (χ3n) is 5.35. The molecule has 3 aromatic rings. The van der Waals surface area contributed by atoms with Gasteiger partial charge in [-0.05, 0) is 37.5 Å². The summed E-state index contributed by atoms with van der Waals surface area (Å²) >= 11 is 0. The fourth-order valence-electron chi connectivity index (χ4n) is 3.73. The number of unbranched alkanes of at least 4 members (excludes halogenated alkanes) is 3. The Hall–Kier alpha value is -2.63. The molecule has 3 N–H and O–H groups in total. The Morgan fingerprint density at radius 1 is 1.14 bits per heavy atom. The van der Waals surface area contributed by atoms with Gasteiger partial charge >= 0.3 is 0 Å². The first-order valence-electron chi connectivity index (χ1n) is 10.4. The Morgan fingerprint density at radius 2 is 1.89 bits per heavy atom. The van der Waals surface area contributed by atoms with Crippen molar-refractivity contribution in [2.45, 2.75) is 71.8 Å². The number of nitrogens with two attached hydrogens (primary N) is 1. The topological polar surface area (TPSA) is 89.6 Å². The SMILES string of the molecule is CCCCCCC(CC)n1nc(C)c2c(=O)[nH]c(Cc3ccc(N)cc3)nc21. The number of fused-ring (bicyclic) bond motifs is 1. The molecule has 6 heteroatoms. The lowest BCUT2D eigenvalue weighted by atomic mass is 10.1. The standard InChI is InChI=1S/C22H31N5O/c1-4-6-7-8-9-18(5-2)27-21-20(15(3)26-27)22(28)25-19(24-21)14-16-10-12-17(23)13-11-16/h10-13,18H,4-9,14,23H2,1-3H3,(H,24,25,28). The maximum Gasteiger partial charge on any atom is 0.262 e. The minimum atomic E-state index is -0.111. The van der Waals surface area contributed by atoms with E-state index < -0.39 is 0 Å². The zero-order chi connectivity index (χ0) is 20.1. The van der Waals surface area contributed by atoms with Crippen LogP contribution in [0, 0.1) is 6.92 Å². The number of aryl methyl sites for hydroxylation is 1. The highest BCUT2D eigenvalue weighted by molar-refractivity contribution is 5.77. The van der Waals surface area contributed by atoms with E-state index in [0.29, 0.717) is 23.3 Å². The molecule has 1 atom stereocenters. The van der Waals surface area contributed by atoms with Gasteiger partial charge in [-0.1, -0.05) is 51.7 Å². The van der Waals surface area contributed by atoms with Gasteiger partial charge in [0, 0.05) is 12.1 Å². The van der Waals surface area contributed by atoms with Crippen molar-refractivity contribution in [3.63, 3.8) is 0 Å². The van der Waals surface area contributed by atoms with Gasteiger partial charge in [-0.3, -0.25) is 4.79 Å². The van der Waals surface area contributed by atoms with Gasteiger partial charge in [0.05, 0.1) is 11.7 Å².